The van der Waals surface area contributed by atoms with Crippen LogP contribution in [0.4, 0.5) is 0 Å². The molecule has 0 fully saturated rings. The van der Waals surface area contributed by atoms with E-state index < -0.39 is 0 Å². The van der Waals surface area contributed by atoms with Crippen molar-refractivity contribution in [3.63, 3.8) is 0 Å². The first-order valence-electron chi connectivity index (χ1n) is 5.14. The summed E-state index contributed by atoms with van der Waals surface area (Å²) in [5.74, 6) is 0.220. The summed E-state index contributed by atoms with van der Waals surface area (Å²) in [6.45, 7) is 0.507. The molecular formula is C13H11BrN2O. The Kier molecular flexibility index (Phi) is 3.88. The number of aromatic nitrogens is 1. The van der Waals surface area contributed by atoms with Gasteiger partial charge in [0, 0.05) is 22.4 Å². The van der Waals surface area contributed by atoms with Crippen molar-refractivity contribution in [1.82, 2.24) is 4.98 Å². The second-order valence-electron chi connectivity index (χ2n) is 3.49. The van der Waals surface area contributed by atoms with Gasteiger partial charge in [-0.05, 0) is 30.3 Å². The van der Waals surface area contributed by atoms with E-state index in [2.05, 4.69) is 25.9 Å². The summed E-state index contributed by atoms with van der Waals surface area (Å²) in [5, 5.41) is 9.60. The van der Waals surface area contributed by atoms with Gasteiger partial charge in [0.05, 0.1) is 12.2 Å². The molecule has 1 N–H and O–H groups in total. The molecular weight excluding hydrogens is 280 g/mol. The average molecular weight is 291 g/mol. The lowest BCUT2D eigenvalue weighted by Gasteiger charge is -1.99. The fraction of sp³-hybridized carbons (Fsp3) is 0.0769. The van der Waals surface area contributed by atoms with Crippen molar-refractivity contribution in [3.05, 3.63) is 58.3 Å². The number of aromatic hydroxyl groups is 1. The third-order valence-corrected chi connectivity index (χ3v) is 2.69. The summed E-state index contributed by atoms with van der Waals surface area (Å²) >= 11 is 3.35. The van der Waals surface area contributed by atoms with Gasteiger partial charge in [-0.25, -0.2) is 0 Å². The van der Waals surface area contributed by atoms with Crippen LogP contribution in [-0.4, -0.2) is 16.3 Å². The third-order valence-electron chi connectivity index (χ3n) is 2.20. The highest BCUT2D eigenvalue weighted by atomic mass is 79.9. The van der Waals surface area contributed by atoms with Crippen LogP contribution in [0.5, 0.6) is 5.75 Å². The van der Waals surface area contributed by atoms with Gasteiger partial charge in [0.25, 0.3) is 0 Å². The number of rotatable bonds is 3. The van der Waals surface area contributed by atoms with Crippen LogP contribution in [0.2, 0.25) is 0 Å². The predicted molar refractivity (Wildman–Crippen MR) is 71.3 cm³/mol. The monoisotopic (exact) mass is 290 g/mol. The smallest absolute Gasteiger partial charge is 0.124 e. The Morgan fingerprint density at radius 1 is 1.29 bits per heavy atom. The summed E-state index contributed by atoms with van der Waals surface area (Å²) < 4.78 is 0.912. The van der Waals surface area contributed by atoms with Gasteiger partial charge in [0.15, 0.2) is 0 Å². The summed E-state index contributed by atoms with van der Waals surface area (Å²) in [6, 6.07) is 10.9. The van der Waals surface area contributed by atoms with Crippen molar-refractivity contribution in [2.75, 3.05) is 0 Å². The molecule has 0 radical (unpaired) electrons. The molecule has 0 aliphatic carbocycles. The highest BCUT2D eigenvalue weighted by Crippen LogP contribution is 2.20. The minimum Gasteiger partial charge on any atom is -0.507 e. The molecule has 0 unspecified atom stereocenters. The molecule has 1 aromatic carbocycles. The molecule has 0 bridgehead atoms. The van der Waals surface area contributed by atoms with Gasteiger partial charge in [0.1, 0.15) is 5.75 Å². The van der Waals surface area contributed by atoms with Crippen LogP contribution >= 0.6 is 15.9 Å². The first-order valence-corrected chi connectivity index (χ1v) is 5.93. The van der Waals surface area contributed by atoms with Gasteiger partial charge >= 0.3 is 0 Å². The normalized spacial score (nSPS) is 10.9. The van der Waals surface area contributed by atoms with Gasteiger partial charge in [-0.1, -0.05) is 22.0 Å². The number of phenols is 1. The summed E-state index contributed by atoms with van der Waals surface area (Å²) in [4.78, 5) is 8.41. The molecule has 1 heterocycles. The number of hydrogen-bond donors (Lipinski definition) is 1. The highest BCUT2D eigenvalue weighted by Gasteiger charge is 1.98. The standard InChI is InChI=1S/C13H11BrN2O/c14-11-4-5-13(17)10(7-11)8-15-9-12-3-1-2-6-16-12/h1-8,17H,9H2. The Hall–Kier alpha value is -1.68. The number of hydrogen-bond acceptors (Lipinski definition) is 3. The van der Waals surface area contributed by atoms with E-state index in [0.717, 1.165) is 10.2 Å². The molecule has 4 heteroatoms. The Morgan fingerprint density at radius 3 is 2.94 bits per heavy atom. The van der Waals surface area contributed by atoms with Crippen molar-refractivity contribution < 1.29 is 5.11 Å². The summed E-state index contributed by atoms with van der Waals surface area (Å²) in [7, 11) is 0. The number of aliphatic imine (C=N–C) groups is 1. The minimum absolute atomic E-state index is 0.220. The van der Waals surface area contributed by atoms with Crippen molar-refractivity contribution in [3.8, 4) is 5.75 Å². The maximum Gasteiger partial charge on any atom is 0.124 e. The van der Waals surface area contributed by atoms with Crippen molar-refractivity contribution in [2.45, 2.75) is 6.54 Å². The number of pyridine rings is 1. The fourth-order valence-electron chi connectivity index (χ4n) is 1.36. The van der Waals surface area contributed by atoms with Crippen molar-refractivity contribution in [1.29, 1.82) is 0 Å². The number of phenolic OH excluding ortho intramolecular Hbond substituents is 1. The van der Waals surface area contributed by atoms with Crippen LogP contribution < -0.4 is 0 Å². The molecule has 2 aromatic rings. The molecule has 17 heavy (non-hydrogen) atoms. The molecule has 0 aliphatic heterocycles. The summed E-state index contributed by atoms with van der Waals surface area (Å²) in [5.41, 5.74) is 1.59. The van der Waals surface area contributed by atoms with Gasteiger partial charge in [-0.2, -0.15) is 0 Å². The highest BCUT2D eigenvalue weighted by molar-refractivity contribution is 9.10. The molecule has 2 rings (SSSR count). The van der Waals surface area contributed by atoms with E-state index in [9.17, 15) is 5.11 Å². The van der Waals surface area contributed by atoms with E-state index in [-0.39, 0.29) is 5.75 Å². The van der Waals surface area contributed by atoms with Crippen LogP contribution in [0.1, 0.15) is 11.3 Å². The van der Waals surface area contributed by atoms with Crippen LogP contribution in [0, 0.1) is 0 Å². The third kappa shape index (κ3) is 3.39. The largest absolute Gasteiger partial charge is 0.507 e. The molecule has 1 aromatic heterocycles. The lowest BCUT2D eigenvalue weighted by molar-refractivity contribution is 0.474. The zero-order valence-corrected chi connectivity index (χ0v) is 10.6. The second kappa shape index (κ2) is 5.59. The maximum atomic E-state index is 9.60. The molecule has 86 valence electrons. The van der Waals surface area contributed by atoms with E-state index in [4.69, 9.17) is 0 Å². The molecule has 3 nitrogen and oxygen atoms in total. The molecule has 0 saturated carbocycles. The van der Waals surface area contributed by atoms with E-state index in [1.54, 1.807) is 24.5 Å². The van der Waals surface area contributed by atoms with Crippen LogP contribution in [0.3, 0.4) is 0 Å². The Labute approximate surface area is 108 Å². The topological polar surface area (TPSA) is 45.5 Å². The lowest BCUT2D eigenvalue weighted by Crippen LogP contribution is -1.88. The molecule has 0 saturated heterocycles. The molecule has 0 spiro atoms. The Bertz CT molecular complexity index is 526. The fourth-order valence-corrected chi connectivity index (χ4v) is 1.74. The molecule has 0 atom stereocenters. The zero-order chi connectivity index (χ0) is 12.1. The zero-order valence-electron chi connectivity index (χ0n) is 9.05. The van der Waals surface area contributed by atoms with E-state index in [1.807, 2.05) is 24.3 Å². The predicted octanol–water partition coefficient (Wildman–Crippen LogP) is 3.17. The second-order valence-corrected chi connectivity index (χ2v) is 4.41. The van der Waals surface area contributed by atoms with Crippen molar-refractivity contribution >= 4 is 22.1 Å². The quantitative estimate of drug-likeness (QED) is 0.883. The van der Waals surface area contributed by atoms with Crippen LogP contribution in [0.15, 0.2) is 52.1 Å². The average Bonchev–Trinajstić information content (AvgIpc) is 2.35. The Morgan fingerprint density at radius 2 is 2.18 bits per heavy atom. The number of nitrogens with zero attached hydrogens (tertiary/aromatic N) is 2. The van der Waals surface area contributed by atoms with E-state index >= 15 is 0 Å². The van der Waals surface area contributed by atoms with E-state index in [0.29, 0.717) is 12.1 Å². The number of benzene rings is 1. The van der Waals surface area contributed by atoms with Gasteiger partial charge in [-0.15, -0.1) is 0 Å². The first kappa shape index (κ1) is 11.8. The van der Waals surface area contributed by atoms with Crippen LogP contribution in [0.25, 0.3) is 0 Å². The van der Waals surface area contributed by atoms with Crippen LogP contribution in [-0.2, 0) is 6.54 Å². The molecule has 0 amide bonds. The maximum absolute atomic E-state index is 9.60. The summed E-state index contributed by atoms with van der Waals surface area (Å²) in [6.07, 6.45) is 3.39. The Balaban J connectivity index is 2.08. The van der Waals surface area contributed by atoms with Crippen molar-refractivity contribution in [2.24, 2.45) is 4.99 Å². The van der Waals surface area contributed by atoms with Gasteiger partial charge in [0.2, 0.25) is 0 Å². The molecule has 0 aliphatic rings. The van der Waals surface area contributed by atoms with E-state index in [1.165, 1.54) is 0 Å². The SMILES string of the molecule is Oc1ccc(Br)cc1C=NCc1ccccn1. The van der Waals surface area contributed by atoms with Gasteiger partial charge < -0.3 is 5.11 Å². The number of halogens is 1. The first-order chi connectivity index (χ1) is 8.25. The lowest BCUT2D eigenvalue weighted by atomic mass is 10.2. The minimum atomic E-state index is 0.220. The van der Waals surface area contributed by atoms with Gasteiger partial charge in [-0.3, -0.25) is 9.98 Å².